The Kier molecular flexibility index (Phi) is 5.14. The zero-order valence-electron chi connectivity index (χ0n) is 18.9. The molecule has 3 fully saturated rings. The lowest BCUT2D eigenvalue weighted by molar-refractivity contribution is -0.938. The second-order valence-corrected chi connectivity index (χ2v) is 9.69. The zero-order valence-corrected chi connectivity index (χ0v) is 18.9. The maximum atomic E-state index is 13.6. The van der Waals surface area contributed by atoms with Crippen LogP contribution in [0.15, 0.2) is 67.1 Å². The number of carbonyl (C=O) groups is 2. The predicted molar refractivity (Wildman–Crippen MR) is 127 cm³/mol. The molecule has 1 N–H and O–H groups in total. The third kappa shape index (κ3) is 3.66. The molecule has 0 radical (unpaired) electrons. The number of benzene rings is 2. The summed E-state index contributed by atoms with van der Waals surface area (Å²) in [7, 11) is 0. The molecule has 3 aromatic rings. The van der Waals surface area contributed by atoms with Gasteiger partial charge in [-0.15, -0.1) is 0 Å². The smallest absolute Gasteiger partial charge is 0.318 e. The van der Waals surface area contributed by atoms with Crippen molar-refractivity contribution in [2.75, 3.05) is 31.5 Å². The van der Waals surface area contributed by atoms with Crippen LogP contribution in [0.1, 0.15) is 29.9 Å². The standard InChI is InChI=1S/C27H26N4O3/c32-25(30-24-15-28-11-12-29-24)17-31-13-9-18(10-14-31)23(16-31)34-27(33)26-21-7-3-1-5-19(21)20-6-2-4-8-22(20)26/h1-8,11-12,15,18,23,26H,9-10,13-14,16-17H2/p+1. The summed E-state index contributed by atoms with van der Waals surface area (Å²) in [6.07, 6.45) is 6.44. The summed E-state index contributed by atoms with van der Waals surface area (Å²) in [5, 5.41) is 2.85. The average Bonchev–Trinajstić information content (AvgIpc) is 3.19. The van der Waals surface area contributed by atoms with Gasteiger partial charge in [0.25, 0.3) is 5.91 Å². The van der Waals surface area contributed by atoms with Crippen LogP contribution in [0.3, 0.4) is 0 Å². The van der Waals surface area contributed by atoms with E-state index in [-0.39, 0.29) is 18.0 Å². The predicted octanol–water partition coefficient (Wildman–Crippen LogP) is 3.38. The van der Waals surface area contributed by atoms with Gasteiger partial charge in [0, 0.05) is 31.2 Å². The van der Waals surface area contributed by atoms with Crippen LogP contribution >= 0.6 is 0 Å². The third-order valence-electron chi connectivity index (χ3n) is 7.69. The highest BCUT2D eigenvalue weighted by molar-refractivity contribution is 5.93. The number of nitrogens with zero attached hydrogens (tertiary/aromatic N) is 3. The van der Waals surface area contributed by atoms with Gasteiger partial charge >= 0.3 is 5.97 Å². The summed E-state index contributed by atoms with van der Waals surface area (Å²) in [5.74, 6) is 0.164. The summed E-state index contributed by atoms with van der Waals surface area (Å²) in [4.78, 5) is 34.5. The van der Waals surface area contributed by atoms with Gasteiger partial charge in [-0.3, -0.25) is 14.6 Å². The molecule has 3 saturated heterocycles. The SMILES string of the molecule is O=C(C[N+]12CCC(CC1)C(OC(=O)C1c3ccccc3-c3ccccc31)C2)Nc1cnccn1. The summed E-state index contributed by atoms with van der Waals surface area (Å²) >= 11 is 0. The number of esters is 1. The van der Waals surface area contributed by atoms with Crippen molar-refractivity contribution in [3.05, 3.63) is 78.2 Å². The van der Waals surface area contributed by atoms with Crippen LogP contribution in [0.25, 0.3) is 11.1 Å². The summed E-state index contributed by atoms with van der Waals surface area (Å²) in [6.45, 7) is 2.90. The van der Waals surface area contributed by atoms with Gasteiger partial charge in [-0.25, -0.2) is 4.98 Å². The van der Waals surface area contributed by atoms with Crippen LogP contribution in [-0.4, -0.2) is 58.6 Å². The first-order chi connectivity index (χ1) is 16.6. The average molecular weight is 456 g/mol. The summed E-state index contributed by atoms with van der Waals surface area (Å²) < 4.78 is 6.89. The van der Waals surface area contributed by atoms with E-state index in [1.807, 2.05) is 36.4 Å². The lowest BCUT2D eigenvalue weighted by Gasteiger charge is -2.51. The van der Waals surface area contributed by atoms with Crippen molar-refractivity contribution < 1.29 is 18.8 Å². The van der Waals surface area contributed by atoms with E-state index in [2.05, 4.69) is 27.4 Å². The molecule has 1 unspecified atom stereocenters. The van der Waals surface area contributed by atoms with Crippen LogP contribution in [0.4, 0.5) is 5.82 Å². The Morgan fingerprint density at radius 3 is 2.29 bits per heavy atom. The highest BCUT2D eigenvalue weighted by atomic mass is 16.5. The molecule has 3 aliphatic heterocycles. The molecule has 2 aromatic carbocycles. The monoisotopic (exact) mass is 455 g/mol. The number of carbonyl (C=O) groups excluding carboxylic acids is 2. The second kappa shape index (κ2) is 8.33. The maximum absolute atomic E-state index is 13.6. The fourth-order valence-corrected chi connectivity index (χ4v) is 6.05. The fourth-order valence-electron chi connectivity index (χ4n) is 6.05. The van der Waals surface area contributed by atoms with Crippen LogP contribution < -0.4 is 5.32 Å². The van der Waals surface area contributed by atoms with E-state index in [0.29, 0.717) is 29.3 Å². The second-order valence-electron chi connectivity index (χ2n) is 9.69. The number of aromatic nitrogens is 2. The third-order valence-corrected chi connectivity index (χ3v) is 7.69. The Hall–Kier alpha value is -3.58. The molecule has 1 amide bonds. The van der Waals surface area contributed by atoms with Gasteiger partial charge in [0.15, 0.2) is 18.5 Å². The van der Waals surface area contributed by atoms with Gasteiger partial charge < -0.3 is 14.5 Å². The number of hydrogen-bond donors (Lipinski definition) is 1. The number of rotatable bonds is 5. The molecule has 1 atom stereocenters. The minimum Gasteiger partial charge on any atom is -0.455 e. The Morgan fingerprint density at radius 2 is 1.65 bits per heavy atom. The van der Waals surface area contributed by atoms with Gasteiger partial charge in [0.05, 0.1) is 19.3 Å². The molecule has 34 heavy (non-hydrogen) atoms. The molecular weight excluding hydrogens is 428 g/mol. The lowest BCUT2D eigenvalue weighted by Crippen LogP contribution is -2.66. The van der Waals surface area contributed by atoms with Crippen LogP contribution in [0, 0.1) is 5.92 Å². The highest BCUT2D eigenvalue weighted by Gasteiger charge is 2.49. The minimum atomic E-state index is -0.392. The molecule has 7 rings (SSSR count). The van der Waals surface area contributed by atoms with Gasteiger partial charge in [-0.05, 0) is 22.3 Å². The van der Waals surface area contributed by atoms with E-state index in [1.54, 1.807) is 18.6 Å². The minimum absolute atomic E-state index is 0.0791. The Labute approximate surface area is 198 Å². The van der Waals surface area contributed by atoms with Crippen molar-refractivity contribution in [2.24, 2.45) is 5.92 Å². The molecular formula is C27H27N4O3+. The number of fused-ring (bicyclic) bond motifs is 6. The lowest BCUT2D eigenvalue weighted by atomic mass is 9.83. The van der Waals surface area contributed by atoms with E-state index in [9.17, 15) is 9.59 Å². The number of hydrogen-bond acceptors (Lipinski definition) is 5. The van der Waals surface area contributed by atoms with Crippen LogP contribution in [0.2, 0.25) is 0 Å². The first-order valence-electron chi connectivity index (χ1n) is 11.9. The number of nitrogens with one attached hydrogen (secondary N) is 1. The quantitative estimate of drug-likeness (QED) is 0.471. The molecule has 2 bridgehead atoms. The van der Waals surface area contributed by atoms with Gasteiger partial charge in [0.2, 0.25) is 0 Å². The van der Waals surface area contributed by atoms with Gasteiger partial charge in [0.1, 0.15) is 12.5 Å². The van der Waals surface area contributed by atoms with Crippen molar-refractivity contribution in [3.63, 3.8) is 0 Å². The van der Waals surface area contributed by atoms with Crippen LogP contribution in [0.5, 0.6) is 0 Å². The normalized spacial score (nSPS) is 24.8. The molecule has 4 heterocycles. The van der Waals surface area contributed by atoms with Crippen LogP contribution in [-0.2, 0) is 14.3 Å². The number of quaternary nitrogens is 1. The van der Waals surface area contributed by atoms with Crippen molar-refractivity contribution in [1.29, 1.82) is 0 Å². The van der Waals surface area contributed by atoms with E-state index in [4.69, 9.17) is 4.74 Å². The van der Waals surface area contributed by atoms with Crippen molar-refractivity contribution in [2.45, 2.75) is 24.9 Å². The van der Waals surface area contributed by atoms with Crippen molar-refractivity contribution in [3.8, 4) is 11.1 Å². The molecule has 172 valence electrons. The van der Waals surface area contributed by atoms with E-state index in [1.165, 1.54) is 0 Å². The largest absolute Gasteiger partial charge is 0.455 e. The Bertz CT molecular complexity index is 1190. The van der Waals surface area contributed by atoms with Gasteiger partial charge in [-0.2, -0.15) is 0 Å². The first-order valence-corrected chi connectivity index (χ1v) is 11.9. The number of amides is 1. The molecule has 1 aliphatic carbocycles. The molecule has 0 spiro atoms. The molecule has 7 nitrogen and oxygen atoms in total. The summed E-state index contributed by atoms with van der Waals surface area (Å²) in [5.41, 5.74) is 4.25. The molecule has 0 saturated carbocycles. The topological polar surface area (TPSA) is 81.2 Å². The number of piperidine rings is 3. The van der Waals surface area contributed by atoms with E-state index < -0.39 is 5.92 Å². The number of anilines is 1. The van der Waals surface area contributed by atoms with Gasteiger partial charge in [-0.1, -0.05) is 48.5 Å². The number of ether oxygens (including phenoxy) is 1. The van der Waals surface area contributed by atoms with Crippen molar-refractivity contribution in [1.82, 2.24) is 9.97 Å². The maximum Gasteiger partial charge on any atom is 0.318 e. The first kappa shape index (κ1) is 21.0. The van der Waals surface area contributed by atoms with Crippen molar-refractivity contribution >= 4 is 17.7 Å². The molecule has 7 heteroatoms. The Morgan fingerprint density at radius 1 is 0.971 bits per heavy atom. The Balaban J connectivity index is 1.18. The molecule has 1 aromatic heterocycles. The summed E-state index contributed by atoms with van der Waals surface area (Å²) in [6, 6.07) is 16.2. The highest BCUT2D eigenvalue weighted by Crippen LogP contribution is 2.46. The fraction of sp³-hybridized carbons (Fsp3) is 0.333. The molecule has 4 aliphatic rings. The van der Waals surface area contributed by atoms with E-state index in [0.717, 1.165) is 48.2 Å². The zero-order chi connectivity index (χ0) is 23.1. The van der Waals surface area contributed by atoms with E-state index >= 15 is 0 Å².